The number of benzene rings is 1. The number of aromatic carboxylic acids is 1. The Labute approximate surface area is 136 Å². The maximum absolute atomic E-state index is 12.6. The van der Waals surface area contributed by atoms with E-state index in [1.807, 2.05) is 0 Å². The highest BCUT2D eigenvalue weighted by Crippen LogP contribution is 2.40. The van der Waals surface area contributed by atoms with Crippen LogP contribution in [0.15, 0.2) is 18.2 Å². The summed E-state index contributed by atoms with van der Waals surface area (Å²) < 4.78 is 5.21. The molecule has 1 aromatic carbocycles. The second-order valence-electron chi connectivity index (χ2n) is 5.79. The summed E-state index contributed by atoms with van der Waals surface area (Å²) in [6, 6.07) is 3.38. The highest BCUT2D eigenvalue weighted by atomic mass is 17.2. The van der Waals surface area contributed by atoms with Gasteiger partial charge in [0.15, 0.2) is 5.41 Å². The molecule has 1 N–H and O–H groups in total. The molecule has 1 saturated carbocycles. The van der Waals surface area contributed by atoms with Gasteiger partial charge in [0.25, 0.3) is 0 Å². The van der Waals surface area contributed by atoms with Gasteiger partial charge >= 0.3 is 23.9 Å². The topological polar surface area (TPSA) is 116 Å². The van der Waals surface area contributed by atoms with E-state index in [0.717, 1.165) is 18.6 Å². The highest BCUT2D eigenvalue weighted by Gasteiger charge is 2.51. The van der Waals surface area contributed by atoms with Crippen molar-refractivity contribution in [3.8, 4) is 5.75 Å². The fourth-order valence-corrected chi connectivity index (χ4v) is 2.96. The van der Waals surface area contributed by atoms with Gasteiger partial charge in [-0.2, -0.15) is 0 Å². The minimum Gasteiger partial charge on any atom is -0.478 e. The Morgan fingerprint density at radius 2 is 1.71 bits per heavy atom. The zero-order valence-electron chi connectivity index (χ0n) is 12.6. The van der Waals surface area contributed by atoms with E-state index < -0.39 is 29.3 Å². The number of fused-ring (bicyclic) bond motifs is 2. The molecular formula is C16H14O8. The van der Waals surface area contributed by atoms with Crippen LogP contribution in [0.25, 0.3) is 0 Å². The van der Waals surface area contributed by atoms with E-state index in [0.29, 0.717) is 12.8 Å². The van der Waals surface area contributed by atoms with Gasteiger partial charge in [-0.05, 0) is 31.0 Å². The summed E-state index contributed by atoms with van der Waals surface area (Å²) in [5.41, 5.74) is -1.99. The molecule has 8 nitrogen and oxygen atoms in total. The Bertz CT molecular complexity index is 730. The lowest BCUT2D eigenvalue weighted by molar-refractivity contribution is -0.246. The molecule has 2 bridgehead atoms. The molecule has 0 saturated heterocycles. The largest absolute Gasteiger partial charge is 0.478 e. The van der Waals surface area contributed by atoms with Crippen molar-refractivity contribution in [2.75, 3.05) is 0 Å². The molecule has 1 aliphatic carbocycles. The summed E-state index contributed by atoms with van der Waals surface area (Å²) in [6.07, 6.45) is 2.42. The molecule has 126 valence electrons. The minimum atomic E-state index is -1.60. The molecule has 1 aromatic rings. The molecule has 3 rings (SSSR count). The van der Waals surface area contributed by atoms with E-state index in [-0.39, 0.29) is 29.7 Å². The molecule has 8 heteroatoms. The Morgan fingerprint density at radius 1 is 1.00 bits per heavy atom. The molecule has 0 aromatic heterocycles. The number of carboxylic acid groups (broad SMARTS) is 1. The summed E-state index contributed by atoms with van der Waals surface area (Å²) in [6.45, 7) is 0. The quantitative estimate of drug-likeness (QED) is 0.358. The maximum Gasteiger partial charge on any atom is 0.386 e. The van der Waals surface area contributed by atoms with Crippen LogP contribution in [-0.2, 0) is 19.4 Å². The van der Waals surface area contributed by atoms with Crippen LogP contribution < -0.4 is 4.74 Å². The van der Waals surface area contributed by atoms with Crippen molar-refractivity contribution in [3.63, 3.8) is 0 Å². The number of rotatable bonds is 1. The molecule has 0 unspecified atom stereocenters. The number of carbonyl (C=O) groups excluding carboxylic acids is 3. The van der Waals surface area contributed by atoms with Gasteiger partial charge in [-0.25, -0.2) is 24.2 Å². The van der Waals surface area contributed by atoms with Gasteiger partial charge in [0.2, 0.25) is 0 Å². The van der Waals surface area contributed by atoms with Crippen molar-refractivity contribution < 1.29 is 38.8 Å². The Hall–Kier alpha value is -2.90. The van der Waals surface area contributed by atoms with Gasteiger partial charge in [0.1, 0.15) is 11.3 Å². The average Bonchev–Trinajstić information content (AvgIpc) is 2.58. The third kappa shape index (κ3) is 2.60. The van der Waals surface area contributed by atoms with Crippen LogP contribution in [0.2, 0.25) is 0 Å². The molecule has 1 fully saturated rings. The Kier molecular flexibility index (Phi) is 3.96. The molecule has 2 aliphatic rings. The smallest absolute Gasteiger partial charge is 0.386 e. The summed E-state index contributed by atoms with van der Waals surface area (Å²) in [5.74, 6) is -4.51. The first kappa shape index (κ1) is 16.0. The Balaban J connectivity index is 2.08. The zero-order chi connectivity index (χ0) is 17.3. The van der Waals surface area contributed by atoms with Crippen molar-refractivity contribution in [2.45, 2.75) is 32.1 Å². The zero-order valence-corrected chi connectivity index (χ0v) is 12.6. The number of hydrogen-bond donors (Lipinski definition) is 1. The first-order valence-electron chi connectivity index (χ1n) is 7.47. The third-order valence-electron chi connectivity index (χ3n) is 4.33. The SMILES string of the molecule is O=C1OOC(=O)C2(CCCCC2)C(=O)Oc2cc1ccc2C(=O)O. The fourth-order valence-electron chi connectivity index (χ4n) is 2.96. The average molecular weight is 334 g/mol. The predicted molar refractivity (Wildman–Crippen MR) is 76.1 cm³/mol. The molecule has 0 radical (unpaired) electrons. The summed E-state index contributed by atoms with van der Waals surface area (Å²) in [7, 11) is 0. The summed E-state index contributed by atoms with van der Waals surface area (Å²) >= 11 is 0. The van der Waals surface area contributed by atoms with E-state index >= 15 is 0 Å². The second kappa shape index (κ2) is 5.95. The maximum atomic E-state index is 12.6. The predicted octanol–water partition coefficient (Wildman–Crippen LogP) is 1.87. The number of esters is 1. The first-order valence-corrected chi connectivity index (χ1v) is 7.47. The van der Waals surface area contributed by atoms with Crippen LogP contribution in [0, 0.1) is 5.41 Å². The van der Waals surface area contributed by atoms with Crippen molar-refractivity contribution in [1.29, 1.82) is 0 Å². The normalized spacial score (nSPS) is 19.9. The van der Waals surface area contributed by atoms with E-state index in [4.69, 9.17) is 4.74 Å². The lowest BCUT2D eigenvalue weighted by Gasteiger charge is -2.31. The molecule has 0 atom stereocenters. The van der Waals surface area contributed by atoms with Crippen molar-refractivity contribution in [1.82, 2.24) is 0 Å². The fraction of sp³-hybridized carbons (Fsp3) is 0.375. The lowest BCUT2D eigenvalue weighted by Crippen LogP contribution is -2.45. The number of carbonyl (C=O) groups is 4. The molecular weight excluding hydrogens is 320 g/mol. The third-order valence-corrected chi connectivity index (χ3v) is 4.33. The van der Waals surface area contributed by atoms with Gasteiger partial charge in [-0.1, -0.05) is 19.3 Å². The van der Waals surface area contributed by atoms with Gasteiger partial charge in [-0.3, -0.25) is 4.79 Å². The van der Waals surface area contributed by atoms with Crippen LogP contribution in [0.3, 0.4) is 0 Å². The molecule has 0 amide bonds. The summed E-state index contributed by atoms with van der Waals surface area (Å²) in [4.78, 5) is 57.2. The van der Waals surface area contributed by atoms with Gasteiger partial charge in [-0.15, -0.1) is 0 Å². The Morgan fingerprint density at radius 3 is 2.38 bits per heavy atom. The van der Waals surface area contributed by atoms with Crippen molar-refractivity contribution in [2.24, 2.45) is 5.41 Å². The monoisotopic (exact) mass is 334 g/mol. The van der Waals surface area contributed by atoms with E-state index in [2.05, 4.69) is 9.78 Å². The van der Waals surface area contributed by atoms with Crippen LogP contribution in [-0.4, -0.2) is 29.0 Å². The number of ether oxygens (including phenoxy) is 1. The minimum absolute atomic E-state index is 0.102. The van der Waals surface area contributed by atoms with E-state index in [9.17, 15) is 24.3 Å². The second-order valence-corrected chi connectivity index (χ2v) is 5.79. The van der Waals surface area contributed by atoms with Crippen LogP contribution in [0.1, 0.15) is 52.8 Å². The van der Waals surface area contributed by atoms with Crippen LogP contribution >= 0.6 is 0 Å². The van der Waals surface area contributed by atoms with Crippen LogP contribution in [0.4, 0.5) is 0 Å². The first-order chi connectivity index (χ1) is 11.4. The number of hydrogen-bond acceptors (Lipinski definition) is 7. The van der Waals surface area contributed by atoms with Crippen molar-refractivity contribution in [3.05, 3.63) is 29.3 Å². The van der Waals surface area contributed by atoms with Gasteiger partial charge in [0.05, 0.1) is 5.56 Å². The lowest BCUT2D eigenvalue weighted by atomic mass is 9.74. The van der Waals surface area contributed by atoms with Gasteiger partial charge < -0.3 is 9.84 Å². The molecule has 1 aliphatic heterocycles. The van der Waals surface area contributed by atoms with E-state index in [1.54, 1.807) is 0 Å². The van der Waals surface area contributed by atoms with E-state index in [1.165, 1.54) is 6.07 Å². The highest BCUT2D eigenvalue weighted by molar-refractivity contribution is 6.03. The van der Waals surface area contributed by atoms with Gasteiger partial charge in [0, 0.05) is 0 Å². The molecule has 1 heterocycles. The van der Waals surface area contributed by atoms with Crippen LogP contribution in [0.5, 0.6) is 5.75 Å². The standard InChI is InChI=1S/C16H14O8/c17-12(18)10-5-4-9-8-11(10)22-14(20)16(6-2-1-3-7-16)15(21)24-23-13(9)19/h4-5,8H,1-3,6-7H2,(H,17,18). The summed E-state index contributed by atoms with van der Waals surface area (Å²) in [5, 5.41) is 9.21. The molecule has 1 spiro atoms. The number of carboxylic acids is 1. The molecule has 24 heavy (non-hydrogen) atoms. The van der Waals surface area contributed by atoms with Crippen molar-refractivity contribution >= 4 is 23.9 Å².